The van der Waals surface area contributed by atoms with Crippen LogP contribution in [0.4, 0.5) is 0 Å². The molecule has 3 nitrogen and oxygen atoms in total. The van der Waals surface area contributed by atoms with E-state index in [0.29, 0.717) is 6.04 Å². The van der Waals surface area contributed by atoms with E-state index in [2.05, 4.69) is 28.2 Å². The number of halogens is 1. The molecule has 0 bridgehead atoms. The van der Waals surface area contributed by atoms with Gasteiger partial charge in [-0.1, -0.05) is 23.7 Å². The lowest BCUT2D eigenvalue weighted by Crippen LogP contribution is -2.49. The van der Waals surface area contributed by atoms with Gasteiger partial charge in [0.05, 0.1) is 5.52 Å². The molecule has 0 saturated carbocycles. The second-order valence-electron chi connectivity index (χ2n) is 5.12. The molecule has 1 aromatic heterocycles. The maximum absolute atomic E-state index is 6.39. The van der Waals surface area contributed by atoms with E-state index in [0.717, 1.165) is 47.7 Å². The molecule has 1 aromatic carbocycles. The Morgan fingerprint density at radius 3 is 3.16 bits per heavy atom. The maximum atomic E-state index is 6.39. The Kier molecular flexibility index (Phi) is 3.69. The highest BCUT2D eigenvalue weighted by Crippen LogP contribution is 2.26. The highest BCUT2D eigenvalue weighted by atomic mass is 35.5. The fourth-order valence-corrected chi connectivity index (χ4v) is 2.86. The Bertz CT molecular complexity index is 585. The number of fused-ring (bicyclic) bond motifs is 1. The lowest BCUT2D eigenvalue weighted by atomic mass is 10.1. The molecule has 0 aliphatic carbocycles. The third-order valence-corrected chi connectivity index (χ3v) is 4.18. The molecule has 2 aromatic rings. The summed E-state index contributed by atoms with van der Waals surface area (Å²) in [6.07, 6.45) is 1.84. The molecule has 1 aliphatic rings. The van der Waals surface area contributed by atoms with Gasteiger partial charge in [0.15, 0.2) is 0 Å². The van der Waals surface area contributed by atoms with Gasteiger partial charge in [0.1, 0.15) is 0 Å². The monoisotopic (exact) mass is 275 g/mol. The van der Waals surface area contributed by atoms with Gasteiger partial charge >= 0.3 is 0 Å². The van der Waals surface area contributed by atoms with Crippen molar-refractivity contribution in [3.8, 4) is 0 Å². The summed E-state index contributed by atoms with van der Waals surface area (Å²) in [5.74, 6) is 0. The van der Waals surface area contributed by atoms with Gasteiger partial charge in [0, 0.05) is 54.4 Å². The van der Waals surface area contributed by atoms with E-state index in [9.17, 15) is 0 Å². The normalized spacial score (nSPS) is 20.8. The molecule has 2 heterocycles. The highest BCUT2D eigenvalue weighted by Gasteiger charge is 2.20. The predicted molar refractivity (Wildman–Crippen MR) is 79.5 cm³/mol. The molecule has 0 amide bonds. The average Bonchev–Trinajstić information content (AvgIpc) is 2.44. The number of pyridine rings is 1. The Balaban J connectivity index is 1.97. The van der Waals surface area contributed by atoms with E-state index in [1.807, 2.05) is 24.4 Å². The number of piperazine rings is 1. The van der Waals surface area contributed by atoms with E-state index >= 15 is 0 Å². The van der Waals surface area contributed by atoms with E-state index in [-0.39, 0.29) is 0 Å². The number of aromatic nitrogens is 1. The van der Waals surface area contributed by atoms with Gasteiger partial charge in [0.2, 0.25) is 0 Å². The van der Waals surface area contributed by atoms with Crippen LogP contribution in [0, 0.1) is 0 Å². The summed E-state index contributed by atoms with van der Waals surface area (Å²) in [5, 5.41) is 5.39. The van der Waals surface area contributed by atoms with Gasteiger partial charge in [-0.15, -0.1) is 0 Å². The maximum Gasteiger partial charge on any atom is 0.0761 e. The van der Waals surface area contributed by atoms with Crippen LogP contribution >= 0.6 is 11.6 Å². The molecule has 0 unspecified atom stereocenters. The Labute approximate surface area is 118 Å². The minimum absolute atomic E-state index is 0.531. The number of rotatable bonds is 2. The van der Waals surface area contributed by atoms with E-state index in [1.165, 1.54) is 0 Å². The quantitative estimate of drug-likeness (QED) is 0.913. The van der Waals surface area contributed by atoms with Gasteiger partial charge in [0.25, 0.3) is 0 Å². The minimum atomic E-state index is 0.531. The van der Waals surface area contributed by atoms with Crippen LogP contribution in [0.2, 0.25) is 5.02 Å². The molecule has 1 fully saturated rings. The Hall–Kier alpha value is -1.16. The fraction of sp³-hybridized carbons (Fsp3) is 0.400. The van der Waals surface area contributed by atoms with Gasteiger partial charge in [-0.3, -0.25) is 9.88 Å². The molecule has 4 heteroatoms. The Morgan fingerprint density at radius 1 is 1.42 bits per heavy atom. The van der Waals surface area contributed by atoms with Crippen LogP contribution in [-0.4, -0.2) is 35.6 Å². The van der Waals surface area contributed by atoms with Crippen LogP contribution in [0.3, 0.4) is 0 Å². The largest absolute Gasteiger partial charge is 0.314 e. The molecule has 1 aliphatic heterocycles. The first-order valence-corrected chi connectivity index (χ1v) is 7.10. The van der Waals surface area contributed by atoms with Crippen LogP contribution in [0.15, 0.2) is 30.5 Å². The Morgan fingerprint density at radius 2 is 2.32 bits per heavy atom. The summed E-state index contributed by atoms with van der Waals surface area (Å²) >= 11 is 6.39. The predicted octanol–water partition coefficient (Wildman–Crippen LogP) is 2.68. The molecule has 1 saturated heterocycles. The van der Waals surface area contributed by atoms with Crippen LogP contribution in [0.5, 0.6) is 0 Å². The number of nitrogens with one attached hydrogen (secondary N) is 1. The van der Waals surface area contributed by atoms with Crippen LogP contribution in [-0.2, 0) is 6.54 Å². The van der Waals surface area contributed by atoms with Crippen molar-refractivity contribution in [1.82, 2.24) is 15.2 Å². The molecular formula is C15H18ClN3. The van der Waals surface area contributed by atoms with E-state index < -0.39 is 0 Å². The first kappa shape index (κ1) is 12.9. The van der Waals surface area contributed by atoms with Crippen molar-refractivity contribution >= 4 is 22.5 Å². The standard InChI is InChI=1S/C15H18ClN3/c1-11-9-17-7-8-19(11)10-13-14(16)5-4-12-3-2-6-18-15(12)13/h2-6,11,17H,7-10H2,1H3/t11-/m0/s1. The van der Waals surface area contributed by atoms with Crippen molar-refractivity contribution in [2.45, 2.75) is 19.5 Å². The van der Waals surface area contributed by atoms with E-state index in [1.54, 1.807) is 0 Å². The second-order valence-corrected chi connectivity index (χ2v) is 5.53. The molecular weight excluding hydrogens is 258 g/mol. The van der Waals surface area contributed by atoms with Crippen LogP contribution in [0.1, 0.15) is 12.5 Å². The summed E-state index contributed by atoms with van der Waals surface area (Å²) in [5.41, 5.74) is 2.18. The smallest absolute Gasteiger partial charge is 0.0761 e. The van der Waals surface area contributed by atoms with Crippen molar-refractivity contribution in [2.75, 3.05) is 19.6 Å². The molecule has 19 heavy (non-hydrogen) atoms. The van der Waals surface area contributed by atoms with Crippen molar-refractivity contribution in [1.29, 1.82) is 0 Å². The van der Waals surface area contributed by atoms with E-state index in [4.69, 9.17) is 11.6 Å². The number of nitrogens with zero attached hydrogens (tertiary/aromatic N) is 2. The van der Waals surface area contributed by atoms with Crippen molar-refractivity contribution in [3.05, 3.63) is 41.0 Å². The van der Waals surface area contributed by atoms with Crippen LogP contribution < -0.4 is 5.32 Å². The van der Waals surface area contributed by atoms with Gasteiger partial charge in [-0.2, -0.15) is 0 Å². The van der Waals surface area contributed by atoms with Crippen molar-refractivity contribution < 1.29 is 0 Å². The zero-order valence-electron chi connectivity index (χ0n) is 11.1. The molecule has 0 spiro atoms. The molecule has 1 N–H and O–H groups in total. The average molecular weight is 276 g/mol. The number of hydrogen-bond acceptors (Lipinski definition) is 3. The third kappa shape index (κ3) is 2.59. The van der Waals surface area contributed by atoms with Gasteiger partial charge in [-0.05, 0) is 19.1 Å². The lowest BCUT2D eigenvalue weighted by molar-refractivity contribution is 0.166. The van der Waals surface area contributed by atoms with Crippen LogP contribution in [0.25, 0.3) is 10.9 Å². The summed E-state index contributed by atoms with van der Waals surface area (Å²) in [6.45, 7) is 6.26. The highest BCUT2D eigenvalue weighted by molar-refractivity contribution is 6.32. The fourth-order valence-electron chi connectivity index (χ4n) is 2.65. The summed E-state index contributed by atoms with van der Waals surface area (Å²) in [4.78, 5) is 6.97. The SMILES string of the molecule is C[C@H]1CNCCN1Cc1c(Cl)ccc2cccnc12. The van der Waals surface area contributed by atoms with Gasteiger partial charge in [-0.25, -0.2) is 0 Å². The summed E-state index contributed by atoms with van der Waals surface area (Å²) in [6, 6.07) is 8.60. The second kappa shape index (κ2) is 5.45. The third-order valence-electron chi connectivity index (χ3n) is 3.82. The summed E-state index contributed by atoms with van der Waals surface area (Å²) < 4.78 is 0. The molecule has 1 atom stereocenters. The minimum Gasteiger partial charge on any atom is -0.314 e. The zero-order valence-corrected chi connectivity index (χ0v) is 11.8. The lowest BCUT2D eigenvalue weighted by Gasteiger charge is -2.34. The molecule has 0 radical (unpaired) electrons. The molecule has 100 valence electrons. The molecule has 3 rings (SSSR count). The first-order chi connectivity index (χ1) is 9.25. The number of hydrogen-bond donors (Lipinski definition) is 1. The number of benzene rings is 1. The zero-order chi connectivity index (χ0) is 13.2. The van der Waals surface area contributed by atoms with Crippen molar-refractivity contribution in [2.24, 2.45) is 0 Å². The topological polar surface area (TPSA) is 28.2 Å². The van der Waals surface area contributed by atoms with Crippen molar-refractivity contribution in [3.63, 3.8) is 0 Å². The first-order valence-electron chi connectivity index (χ1n) is 6.72. The summed E-state index contributed by atoms with van der Waals surface area (Å²) in [7, 11) is 0. The van der Waals surface area contributed by atoms with Gasteiger partial charge < -0.3 is 5.32 Å².